The molecule has 1 aliphatic heterocycles. The lowest BCUT2D eigenvalue weighted by Gasteiger charge is -2.35. The van der Waals surface area contributed by atoms with Crippen LogP contribution in [0.1, 0.15) is 5.82 Å². The molecule has 5 heterocycles. The van der Waals surface area contributed by atoms with Gasteiger partial charge < -0.3 is 14.3 Å². The molecule has 4 aromatic heterocycles. The summed E-state index contributed by atoms with van der Waals surface area (Å²) in [5.74, 6) is 1.66. The SMILES string of the molecule is O=c1[nH]c(CN2CCN(c3ncnc4sccc34)CC2)nc2c1oc1ccccc12. The van der Waals surface area contributed by atoms with Crippen LogP contribution in [0.2, 0.25) is 0 Å². The van der Waals surface area contributed by atoms with Gasteiger partial charge in [-0.25, -0.2) is 15.0 Å². The summed E-state index contributed by atoms with van der Waals surface area (Å²) in [6, 6.07) is 9.69. The van der Waals surface area contributed by atoms with Crippen molar-refractivity contribution in [1.82, 2.24) is 24.8 Å². The zero-order valence-electron chi connectivity index (χ0n) is 16.0. The smallest absolute Gasteiger partial charge is 0.294 e. The number of aromatic nitrogens is 4. The Balaban J connectivity index is 1.23. The average Bonchev–Trinajstić information content (AvgIpc) is 3.39. The van der Waals surface area contributed by atoms with Crippen LogP contribution in [0.15, 0.2) is 51.3 Å². The number of para-hydroxylation sites is 1. The van der Waals surface area contributed by atoms with Gasteiger partial charge in [0, 0.05) is 31.6 Å². The molecule has 1 N–H and O–H groups in total. The van der Waals surface area contributed by atoms with E-state index in [1.165, 1.54) is 0 Å². The second kappa shape index (κ2) is 6.89. The summed E-state index contributed by atoms with van der Waals surface area (Å²) in [6.07, 6.45) is 1.64. The van der Waals surface area contributed by atoms with Crippen LogP contribution >= 0.6 is 11.3 Å². The van der Waals surface area contributed by atoms with Crippen molar-refractivity contribution in [2.24, 2.45) is 0 Å². The van der Waals surface area contributed by atoms with Crippen LogP contribution in [0.3, 0.4) is 0 Å². The first-order chi connectivity index (χ1) is 14.8. The maximum absolute atomic E-state index is 12.5. The number of piperazine rings is 1. The van der Waals surface area contributed by atoms with Crippen molar-refractivity contribution in [2.45, 2.75) is 6.54 Å². The number of furan rings is 1. The summed E-state index contributed by atoms with van der Waals surface area (Å²) in [4.78, 5) is 34.6. The van der Waals surface area contributed by atoms with Gasteiger partial charge in [-0.15, -0.1) is 11.3 Å². The van der Waals surface area contributed by atoms with Gasteiger partial charge in [-0.2, -0.15) is 0 Å². The van der Waals surface area contributed by atoms with Gasteiger partial charge in [0.25, 0.3) is 5.56 Å². The van der Waals surface area contributed by atoms with Gasteiger partial charge in [0.05, 0.1) is 11.9 Å². The zero-order valence-corrected chi connectivity index (χ0v) is 16.9. The molecule has 0 aliphatic carbocycles. The number of H-pyrrole nitrogens is 1. The van der Waals surface area contributed by atoms with Crippen molar-refractivity contribution < 1.29 is 4.42 Å². The number of benzene rings is 1. The molecule has 0 amide bonds. The molecule has 1 aromatic carbocycles. The van der Waals surface area contributed by atoms with Gasteiger partial charge in [0.2, 0.25) is 5.58 Å². The average molecular weight is 418 g/mol. The highest BCUT2D eigenvalue weighted by Crippen LogP contribution is 2.28. The van der Waals surface area contributed by atoms with Crippen molar-refractivity contribution in [3.05, 3.63) is 58.2 Å². The highest BCUT2D eigenvalue weighted by Gasteiger charge is 2.21. The largest absolute Gasteiger partial charge is 0.449 e. The van der Waals surface area contributed by atoms with E-state index in [0.29, 0.717) is 23.5 Å². The third-order valence-electron chi connectivity index (χ3n) is 5.57. The molecule has 0 radical (unpaired) electrons. The van der Waals surface area contributed by atoms with E-state index in [-0.39, 0.29) is 11.1 Å². The number of aromatic amines is 1. The predicted octanol–water partition coefficient (Wildman–Crippen LogP) is 3.00. The fraction of sp³-hybridized carbons (Fsp3) is 0.238. The van der Waals surface area contributed by atoms with Crippen LogP contribution in [0.5, 0.6) is 0 Å². The van der Waals surface area contributed by atoms with Gasteiger partial charge in [-0.05, 0) is 23.6 Å². The fourth-order valence-corrected chi connectivity index (χ4v) is 4.81. The molecule has 6 rings (SSSR count). The first-order valence-electron chi connectivity index (χ1n) is 9.82. The molecule has 0 atom stereocenters. The Bertz CT molecular complexity index is 1430. The Morgan fingerprint density at radius 2 is 1.93 bits per heavy atom. The first-order valence-corrected chi connectivity index (χ1v) is 10.7. The van der Waals surface area contributed by atoms with Gasteiger partial charge in [0.1, 0.15) is 33.9 Å². The molecule has 8 nitrogen and oxygen atoms in total. The molecule has 0 unspecified atom stereocenters. The van der Waals surface area contributed by atoms with E-state index in [9.17, 15) is 4.79 Å². The molecule has 5 aromatic rings. The summed E-state index contributed by atoms with van der Waals surface area (Å²) >= 11 is 1.63. The normalized spacial score (nSPS) is 15.5. The molecule has 0 spiro atoms. The summed E-state index contributed by atoms with van der Waals surface area (Å²) in [7, 11) is 0. The quantitative estimate of drug-likeness (QED) is 0.482. The van der Waals surface area contributed by atoms with Gasteiger partial charge >= 0.3 is 0 Å². The van der Waals surface area contributed by atoms with E-state index < -0.39 is 0 Å². The topological polar surface area (TPSA) is 91.2 Å². The molecule has 1 fully saturated rings. The summed E-state index contributed by atoms with van der Waals surface area (Å²) in [5, 5.41) is 4.03. The fourth-order valence-electron chi connectivity index (χ4n) is 4.08. The van der Waals surface area contributed by atoms with Crippen LogP contribution in [-0.4, -0.2) is 51.0 Å². The Morgan fingerprint density at radius 3 is 2.83 bits per heavy atom. The Morgan fingerprint density at radius 1 is 1.07 bits per heavy atom. The minimum Gasteiger partial charge on any atom is -0.449 e. The molecule has 1 aliphatic rings. The third kappa shape index (κ3) is 2.86. The number of nitrogens with one attached hydrogen (secondary N) is 1. The second-order valence-electron chi connectivity index (χ2n) is 7.39. The van der Waals surface area contributed by atoms with Crippen molar-refractivity contribution >= 4 is 49.4 Å². The number of fused-ring (bicyclic) bond motifs is 4. The van der Waals surface area contributed by atoms with Crippen molar-refractivity contribution in [2.75, 3.05) is 31.1 Å². The van der Waals surface area contributed by atoms with Gasteiger partial charge in [-0.1, -0.05) is 12.1 Å². The highest BCUT2D eigenvalue weighted by atomic mass is 32.1. The molecule has 150 valence electrons. The lowest BCUT2D eigenvalue weighted by Crippen LogP contribution is -2.46. The van der Waals surface area contributed by atoms with Crippen molar-refractivity contribution in [3.8, 4) is 0 Å². The van der Waals surface area contributed by atoms with E-state index in [1.807, 2.05) is 24.3 Å². The molecule has 0 saturated carbocycles. The van der Waals surface area contributed by atoms with Gasteiger partial charge in [-0.3, -0.25) is 9.69 Å². The molecular weight excluding hydrogens is 400 g/mol. The minimum absolute atomic E-state index is 0.231. The van der Waals surface area contributed by atoms with Gasteiger partial charge in [0.15, 0.2) is 0 Å². The number of thiophene rings is 1. The van der Waals surface area contributed by atoms with E-state index in [1.54, 1.807) is 17.7 Å². The van der Waals surface area contributed by atoms with Crippen LogP contribution in [0, 0.1) is 0 Å². The summed E-state index contributed by atoms with van der Waals surface area (Å²) < 4.78 is 5.68. The third-order valence-corrected chi connectivity index (χ3v) is 6.39. The van der Waals surface area contributed by atoms with Crippen molar-refractivity contribution in [1.29, 1.82) is 0 Å². The summed E-state index contributed by atoms with van der Waals surface area (Å²) in [5.41, 5.74) is 1.36. The van der Waals surface area contributed by atoms with E-state index in [0.717, 1.165) is 47.6 Å². The molecular formula is C21H18N6O2S. The molecule has 0 bridgehead atoms. The number of rotatable bonds is 3. The first kappa shape index (κ1) is 17.5. The van der Waals surface area contributed by atoms with Crippen LogP contribution in [0.25, 0.3) is 32.3 Å². The number of hydrogen-bond donors (Lipinski definition) is 1. The van der Waals surface area contributed by atoms with E-state index in [4.69, 9.17) is 9.40 Å². The molecule has 30 heavy (non-hydrogen) atoms. The van der Waals surface area contributed by atoms with Crippen molar-refractivity contribution in [3.63, 3.8) is 0 Å². The zero-order chi connectivity index (χ0) is 20.1. The maximum Gasteiger partial charge on any atom is 0.294 e. The Hall–Kier alpha value is -3.30. The Kier molecular flexibility index (Phi) is 4.03. The molecule has 9 heteroatoms. The minimum atomic E-state index is -0.231. The van der Waals surface area contributed by atoms with Crippen LogP contribution in [0.4, 0.5) is 5.82 Å². The Labute approximate surface area is 174 Å². The molecule has 1 saturated heterocycles. The van der Waals surface area contributed by atoms with Crippen LogP contribution in [-0.2, 0) is 6.54 Å². The highest BCUT2D eigenvalue weighted by molar-refractivity contribution is 7.16. The standard InChI is InChI=1S/C21H18N6O2S/c28-20-18-17(13-3-1-2-4-15(13)29-18)24-16(25-20)11-26-6-8-27(9-7-26)19-14-5-10-30-21(14)23-12-22-19/h1-5,10,12H,6-9,11H2,(H,24,25,28). The number of anilines is 1. The monoisotopic (exact) mass is 418 g/mol. The maximum atomic E-state index is 12.5. The van der Waals surface area contributed by atoms with E-state index >= 15 is 0 Å². The predicted molar refractivity (Wildman–Crippen MR) is 117 cm³/mol. The summed E-state index contributed by atoms with van der Waals surface area (Å²) in [6.45, 7) is 4.05. The number of nitrogens with zero attached hydrogens (tertiary/aromatic N) is 5. The lowest BCUT2D eigenvalue weighted by molar-refractivity contribution is 0.243. The second-order valence-corrected chi connectivity index (χ2v) is 8.28. The van der Waals surface area contributed by atoms with Crippen LogP contribution < -0.4 is 10.5 Å². The lowest BCUT2D eigenvalue weighted by atomic mass is 10.2. The van der Waals surface area contributed by atoms with E-state index in [2.05, 4.69) is 36.2 Å². The number of hydrogen-bond acceptors (Lipinski definition) is 8.